The molecule has 1 aromatic heterocycles. The molecule has 5 heteroatoms. The summed E-state index contributed by atoms with van der Waals surface area (Å²) in [6.45, 7) is 0.977. The van der Waals surface area contributed by atoms with E-state index in [1.165, 1.54) is 10.8 Å². The molecule has 1 aromatic rings. The van der Waals surface area contributed by atoms with Crippen LogP contribution in [0.25, 0.3) is 0 Å². The number of nitrogens with zero attached hydrogens (tertiary/aromatic N) is 1. The van der Waals surface area contributed by atoms with Crippen LogP contribution in [0.3, 0.4) is 0 Å². The molecular weight excluding hydrogens is 202 g/mol. The lowest BCUT2D eigenvalue weighted by atomic mass is 9.91. The predicted molar refractivity (Wildman–Crippen MR) is 54.5 cm³/mol. The van der Waals surface area contributed by atoms with Crippen molar-refractivity contribution in [2.75, 3.05) is 0 Å². The first kappa shape index (κ1) is 12.1. The Kier molecular flexibility index (Phi) is 3.42. The molecule has 0 radical (unpaired) electrons. The molecule has 0 unspecified atom stereocenters. The summed E-state index contributed by atoms with van der Waals surface area (Å²) < 4.78 is 37.9. The van der Waals surface area contributed by atoms with Crippen molar-refractivity contribution in [1.29, 1.82) is 0 Å². The molecule has 0 spiro atoms. The fraction of sp³-hybridized carbons (Fsp3) is 0.500. The van der Waals surface area contributed by atoms with Gasteiger partial charge in [-0.1, -0.05) is 13.8 Å². The minimum Gasteiger partial charge on any atom is -0.445 e. The normalized spacial score (nSPS) is 12.2. The predicted octanol–water partition coefficient (Wildman–Crippen LogP) is 2.79. The zero-order valence-electron chi connectivity index (χ0n) is 9.17. The van der Waals surface area contributed by atoms with Crippen molar-refractivity contribution in [2.24, 2.45) is 0 Å². The second-order valence-electron chi connectivity index (χ2n) is 4.12. The molecule has 0 aliphatic heterocycles. The SMILES string of the molecule is Cc1cc(C(C)C)cc[n+]1C[B-](F)(F)F. The van der Waals surface area contributed by atoms with E-state index in [1.807, 2.05) is 19.9 Å². The van der Waals surface area contributed by atoms with Crippen LogP contribution in [0.2, 0.25) is 0 Å². The van der Waals surface area contributed by atoms with E-state index in [4.69, 9.17) is 0 Å². The molecule has 0 N–H and O–H groups in total. The summed E-state index contributed by atoms with van der Waals surface area (Å²) in [6.07, 6.45) is 0.657. The summed E-state index contributed by atoms with van der Waals surface area (Å²) in [5.41, 5.74) is 1.72. The lowest BCUT2D eigenvalue weighted by molar-refractivity contribution is -0.689. The quantitative estimate of drug-likeness (QED) is 0.541. The molecule has 0 aliphatic rings. The average molecular weight is 217 g/mol. The summed E-state index contributed by atoms with van der Waals surface area (Å²) in [5, 5.41) is 0. The first-order valence-electron chi connectivity index (χ1n) is 5.00. The van der Waals surface area contributed by atoms with E-state index in [9.17, 15) is 12.9 Å². The standard InChI is InChI=1S/C10H15BF3N/c1-8(2)10-4-5-15(9(3)6-10)7-11(12,13)14/h4-6,8H,7H2,1-3H3. The van der Waals surface area contributed by atoms with Gasteiger partial charge < -0.3 is 12.9 Å². The number of hydrogen-bond donors (Lipinski definition) is 0. The zero-order chi connectivity index (χ0) is 11.6. The lowest BCUT2D eigenvalue weighted by Gasteiger charge is -2.12. The number of hydrogen-bond acceptors (Lipinski definition) is 0. The van der Waals surface area contributed by atoms with Crippen molar-refractivity contribution in [1.82, 2.24) is 0 Å². The number of rotatable bonds is 3. The van der Waals surface area contributed by atoms with Crippen molar-refractivity contribution >= 4 is 6.98 Å². The third-order valence-corrected chi connectivity index (χ3v) is 2.35. The van der Waals surface area contributed by atoms with Gasteiger partial charge in [0.1, 0.15) is 6.44 Å². The van der Waals surface area contributed by atoms with E-state index < -0.39 is 13.4 Å². The molecule has 84 valence electrons. The molecule has 0 amide bonds. The second-order valence-corrected chi connectivity index (χ2v) is 4.12. The fourth-order valence-electron chi connectivity index (χ4n) is 1.45. The van der Waals surface area contributed by atoms with Gasteiger partial charge in [0.2, 0.25) is 0 Å². The number of aryl methyl sites for hydroxylation is 1. The van der Waals surface area contributed by atoms with E-state index in [0.29, 0.717) is 11.6 Å². The number of aromatic nitrogens is 1. The minimum absolute atomic E-state index is 0.342. The van der Waals surface area contributed by atoms with Crippen LogP contribution in [0.4, 0.5) is 12.9 Å². The van der Waals surface area contributed by atoms with Gasteiger partial charge in [-0.05, 0) is 11.5 Å². The van der Waals surface area contributed by atoms with Crippen molar-refractivity contribution in [2.45, 2.75) is 33.1 Å². The molecule has 15 heavy (non-hydrogen) atoms. The van der Waals surface area contributed by atoms with Gasteiger partial charge in [0.05, 0.1) is 0 Å². The first-order chi connectivity index (χ1) is 6.79. The van der Waals surface area contributed by atoms with Crippen molar-refractivity contribution < 1.29 is 17.5 Å². The van der Waals surface area contributed by atoms with Gasteiger partial charge in [0.25, 0.3) is 0 Å². The summed E-state index contributed by atoms with van der Waals surface area (Å²) >= 11 is 0. The summed E-state index contributed by atoms with van der Waals surface area (Å²) in [7, 11) is 0. The van der Waals surface area contributed by atoms with Crippen LogP contribution < -0.4 is 4.57 Å². The maximum absolute atomic E-state index is 12.2. The van der Waals surface area contributed by atoms with Crippen LogP contribution in [0.15, 0.2) is 18.3 Å². The van der Waals surface area contributed by atoms with Gasteiger partial charge in [0, 0.05) is 19.1 Å². The largest absolute Gasteiger partial charge is 0.542 e. The van der Waals surface area contributed by atoms with E-state index in [1.54, 1.807) is 13.0 Å². The van der Waals surface area contributed by atoms with E-state index in [2.05, 4.69) is 0 Å². The molecule has 1 rings (SSSR count). The minimum atomic E-state index is -4.77. The third kappa shape index (κ3) is 3.57. The van der Waals surface area contributed by atoms with E-state index in [-0.39, 0.29) is 0 Å². The second kappa shape index (κ2) is 4.25. The zero-order valence-corrected chi connectivity index (χ0v) is 9.17. The maximum atomic E-state index is 12.2. The Morgan fingerprint density at radius 2 is 1.93 bits per heavy atom. The van der Waals surface area contributed by atoms with Crippen LogP contribution in [0.1, 0.15) is 31.0 Å². The van der Waals surface area contributed by atoms with Crippen molar-refractivity contribution in [3.63, 3.8) is 0 Å². The van der Waals surface area contributed by atoms with Gasteiger partial charge in [-0.25, -0.2) is 4.57 Å². The summed E-state index contributed by atoms with van der Waals surface area (Å²) in [6, 6.07) is 3.56. The van der Waals surface area contributed by atoms with E-state index in [0.717, 1.165) is 5.56 Å². The Morgan fingerprint density at radius 1 is 1.33 bits per heavy atom. The van der Waals surface area contributed by atoms with Gasteiger partial charge in [-0.3, -0.25) is 0 Å². The van der Waals surface area contributed by atoms with Crippen LogP contribution in [-0.2, 0) is 6.44 Å². The number of halogens is 3. The fourth-order valence-corrected chi connectivity index (χ4v) is 1.45. The van der Waals surface area contributed by atoms with Crippen molar-refractivity contribution in [3.8, 4) is 0 Å². The molecule has 0 saturated carbocycles. The molecule has 1 heterocycles. The van der Waals surface area contributed by atoms with Gasteiger partial charge in [-0.15, -0.1) is 0 Å². The van der Waals surface area contributed by atoms with E-state index >= 15 is 0 Å². The molecular formula is C10H15BF3N. The molecule has 1 nitrogen and oxygen atoms in total. The molecule has 0 fully saturated rings. The van der Waals surface area contributed by atoms with Crippen LogP contribution in [-0.4, -0.2) is 6.98 Å². The van der Waals surface area contributed by atoms with Crippen LogP contribution in [0, 0.1) is 6.92 Å². The highest BCUT2D eigenvalue weighted by atomic mass is 19.4. The Balaban J connectivity index is 2.94. The Bertz CT molecular complexity index is 347. The Morgan fingerprint density at radius 3 is 2.33 bits per heavy atom. The topological polar surface area (TPSA) is 3.88 Å². The summed E-state index contributed by atoms with van der Waals surface area (Å²) in [5.74, 6) is 0.342. The van der Waals surface area contributed by atoms with Crippen LogP contribution in [0.5, 0.6) is 0 Å². The number of pyridine rings is 1. The maximum Gasteiger partial charge on any atom is 0.542 e. The first-order valence-corrected chi connectivity index (χ1v) is 5.00. The monoisotopic (exact) mass is 217 g/mol. The van der Waals surface area contributed by atoms with Crippen molar-refractivity contribution in [3.05, 3.63) is 29.6 Å². The molecule has 0 aromatic carbocycles. The highest BCUT2D eigenvalue weighted by Crippen LogP contribution is 2.14. The highest BCUT2D eigenvalue weighted by molar-refractivity contribution is 6.56. The third-order valence-electron chi connectivity index (χ3n) is 2.35. The molecule has 0 aliphatic carbocycles. The Hall–Kier alpha value is -0.995. The van der Waals surface area contributed by atoms with Gasteiger partial charge >= 0.3 is 6.98 Å². The highest BCUT2D eigenvalue weighted by Gasteiger charge is 2.30. The van der Waals surface area contributed by atoms with Gasteiger partial charge in [-0.2, -0.15) is 0 Å². The average Bonchev–Trinajstić information content (AvgIpc) is 2.05. The summed E-state index contributed by atoms with van der Waals surface area (Å²) in [4.78, 5) is 0. The molecule has 0 atom stereocenters. The smallest absolute Gasteiger partial charge is 0.445 e. The molecule has 0 bridgehead atoms. The van der Waals surface area contributed by atoms with Crippen LogP contribution >= 0.6 is 0 Å². The van der Waals surface area contributed by atoms with Gasteiger partial charge in [0.15, 0.2) is 11.9 Å². The Labute approximate surface area is 88.0 Å². The molecule has 0 saturated heterocycles. The lowest BCUT2D eigenvalue weighted by Crippen LogP contribution is -2.46.